The van der Waals surface area contributed by atoms with Gasteiger partial charge in [0.15, 0.2) is 5.15 Å². The Morgan fingerprint density at radius 3 is 2.82 bits per heavy atom. The summed E-state index contributed by atoms with van der Waals surface area (Å²) in [4.78, 5) is 8.38. The molecule has 0 saturated heterocycles. The molecule has 1 aliphatic rings. The molecule has 0 amide bonds. The molecule has 0 bridgehead atoms. The summed E-state index contributed by atoms with van der Waals surface area (Å²) in [5, 5.41) is 4.97. The quantitative estimate of drug-likeness (QED) is 0.831. The highest BCUT2D eigenvalue weighted by Gasteiger charge is 2.43. The highest BCUT2D eigenvalue weighted by atomic mass is 35.5. The standard InChI is InChI=1S/C10H11ClN4OS/c1-10(3-4-10)8-13-7(11)6-5-12-9(17(2)16)14-15(6)8/h5H,3-4H2,1-2H3. The first-order valence-corrected chi connectivity index (χ1v) is 7.20. The maximum absolute atomic E-state index is 11.4. The Balaban J connectivity index is 2.29. The van der Waals surface area contributed by atoms with E-state index in [4.69, 9.17) is 11.6 Å². The first-order valence-electron chi connectivity index (χ1n) is 5.26. The van der Waals surface area contributed by atoms with Crippen molar-refractivity contribution in [3.8, 4) is 0 Å². The van der Waals surface area contributed by atoms with Crippen molar-refractivity contribution >= 4 is 27.9 Å². The van der Waals surface area contributed by atoms with Crippen molar-refractivity contribution in [1.82, 2.24) is 19.6 Å². The number of imidazole rings is 1. The van der Waals surface area contributed by atoms with E-state index >= 15 is 0 Å². The Hall–Kier alpha value is -1.01. The van der Waals surface area contributed by atoms with Gasteiger partial charge in [0, 0.05) is 11.7 Å². The molecule has 2 aromatic rings. The van der Waals surface area contributed by atoms with Crippen LogP contribution < -0.4 is 0 Å². The maximum atomic E-state index is 11.4. The average Bonchev–Trinajstić information content (AvgIpc) is 2.94. The van der Waals surface area contributed by atoms with E-state index in [-0.39, 0.29) is 5.41 Å². The van der Waals surface area contributed by atoms with Crippen LogP contribution >= 0.6 is 11.6 Å². The monoisotopic (exact) mass is 270 g/mol. The van der Waals surface area contributed by atoms with E-state index in [9.17, 15) is 4.21 Å². The van der Waals surface area contributed by atoms with Crippen LogP contribution in [-0.2, 0) is 16.2 Å². The van der Waals surface area contributed by atoms with Gasteiger partial charge in [-0.2, -0.15) is 0 Å². The summed E-state index contributed by atoms with van der Waals surface area (Å²) in [6.07, 6.45) is 5.29. The van der Waals surface area contributed by atoms with Crippen molar-refractivity contribution in [3.63, 3.8) is 0 Å². The lowest BCUT2D eigenvalue weighted by Gasteiger charge is -2.05. The lowest BCUT2D eigenvalue weighted by atomic mass is 10.1. The zero-order valence-corrected chi connectivity index (χ0v) is 11.0. The van der Waals surface area contributed by atoms with E-state index in [1.807, 2.05) is 0 Å². The summed E-state index contributed by atoms with van der Waals surface area (Å²) in [6.45, 7) is 2.13. The molecule has 1 atom stereocenters. The van der Waals surface area contributed by atoms with Crippen molar-refractivity contribution in [2.24, 2.45) is 0 Å². The number of rotatable bonds is 2. The smallest absolute Gasteiger partial charge is 0.237 e. The number of fused-ring (bicyclic) bond motifs is 1. The van der Waals surface area contributed by atoms with Crippen molar-refractivity contribution in [2.75, 3.05) is 6.26 Å². The van der Waals surface area contributed by atoms with Gasteiger partial charge >= 0.3 is 0 Å². The highest BCUT2D eigenvalue weighted by molar-refractivity contribution is 7.84. The van der Waals surface area contributed by atoms with Gasteiger partial charge in [0.1, 0.15) is 11.3 Å². The lowest BCUT2D eigenvalue weighted by Crippen LogP contribution is -2.11. The van der Waals surface area contributed by atoms with Crippen LogP contribution in [0.1, 0.15) is 25.6 Å². The summed E-state index contributed by atoms with van der Waals surface area (Å²) < 4.78 is 13.1. The Morgan fingerprint density at radius 1 is 1.53 bits per heavy atom. The van der Waals surface area contributed by atoms with Crippen molar-refractivity contribution in [3.05, 3.63) is 17.2 Å². The Morgan fingerprint density at radius 2 is 2.24 bits per heavy atom. The second kappa shape index (κ2) is 3.49. The number of hydrogen-bond donors (Lipinski definition) is 0. The van der Waals surface area contributed by atoms with E-state index in [1.54, 1.807) is 17.0 Å². The zero-order valence-electron chi connectivity index (χ0n) is 9.47. The normalized spacial score (nSPS) is 19.5. The molecule has 0 spiro atoms. The minimum Gasteiger partial charge on any atom is -0.251 e. The van der Waals surface area contributed by atoms with Gasteiger partial charge in [-0.15, -0.1) is 5.10 Å². The lowest BCUT2D eigenvalue weighted by molar-refractivity contribution is 0.637. The summed E-state index contributed by atoms with van der Waals surface area (Å²) >= 11 is 6.06. The third-order valence-electron chi connectivity index (χ3n) is 3.12. The molecular formula is C10H11ClN4OS. The van der Waals surface area contributed by atoms with E-state index in [0.29, 0.717) is 15.8 Å². The van der Waals surface area contributed by atoms with Gasteiger partial charge in [0.25, 0.3) is 0 Å². The number of nitrogens with zero attached hydrogens (tertiary/aromatic N) is 4. The number of hydrogen-bond acceptors (Lipinski definition) is 4. The van der Waals surface area contributed by atoms with Gasteiger partial charge in [0.05, 0.1) is 17.0 Å². The van der Waals surface area contributed by atoms with Crippen LogP contribution in [0.3, 0.4) is 0 Å². The van der Waals surface area contributed by atoms with E-state index in [0.717, 1.165) is 18.7 Å². The predicted octanol–water partition coefficient (Wildman–Crippen LogP) is 1.57. The molecule has 7 heteroatoms. The molecule has 17 heavy (non-hydrogen) atoms. The van der Waals surface area contributed by atoms with Gasteiger partial charge < -0.3 is 0 Å². The fourth-order valence-electron chi connectivity index (χ4n) is 1.77. The van der Waals surface area contributed by atoms with Gasteiger partial charge in [-0.25, -0.2) is 14.5 Å². The second-order valence-electron chi connectivity index (χ2n) is 4.58. The van der Waals surface area contributed by atoms with E-state index in [2.05, 4.69) is 22.0 Å². The number of aromatic nitrogens is 4. The molecule has 1 unspecified atom stereocenters. The SMILES string of the molecule is CS(=O)c1ncc2c(Cl)nc(C3(C)CC3)n2n1. The van der Waals surface area contributed by atoms with E-state index in [1.165, 1.54) is 0 Å². The van der Waals surface area contributed by atoms with Crippen LogP contribution in [0.2, 0.25) is 5.15 Å². The molecule has 0 aromatic carbocycles. The number of halogens is 1. The van der Waals surface area contributed by atoms with Crippen LogP contribution in [0.15, 0.2) is 11.4 Å². The molecular weight excluding hydrogens is 260 g/mol. The molecule has 0 aliphatic heterocycles. The van der Waals surface area contributed by atoms with Gasteiger partial charge in [-0.05, 0) is 12.8 Å². The predicted molar refractivity (Wildman–Crippen MR) is 64.7 cm³/mol. The van der Waals surface area contributed by atoms with Crippen molar-refractivity contribution in [1.29, 1.82) is 0 Å². The molecule has 0 radical (unpaired) electrons. The Bertz CT molecular complexity index is 635. The summed E-state index contributed by atoms with van der Waals surface area (Å²) in [6, 6.07) is 0. The first-order chi connectivity index (χ1) is 8.01. The molecule has 2 aromatic heterocycles. The minimum absolute atomic E-state index is 0.0525. The average molecular weight is 271 g/mol. The molecule has 1 aliphatic carbocycles. The largest absolute Gasteiger partial charge is 0.251 e. The molecule has 1 saturated carbocycles. The molecule has 0 N–H and O–H groups in total. The Labute approximate surface area is 106 Å². The minimum atomic E-state index is -1.20. The zero-order chi connectivity index (χ0) is 12.2. The summed E-state index contributed by atoms with van der Waals surface area (Å²) in [7, 11) is -1.20. The fraction of sp³-hybridized carbons (Fsp3) is 0.500. The maximum Gasteiger partial charge on any atom is 0.237 e. The third kappa shape index (κ3) is 1.66. The van der Waals surface area contributed by atoms with Crippen LogP contribution in [0.25, 0.3) is 5.52 Å². The third-order valence-corrected chi connectivity index (χ3v) is 4.10. The Kier molecular flexibility index (Phi) is 2.28. The van der Waals surface area contributed by atoms with Crippen LogP contribution in [-0.4, -0.2) is 30.0 Å². The molecule has 1 fully saturated rings. The fourth-order valence-corrected chi connectivity index (χ4v) is 2.38. The van der Waals surface area contributed by atoms with Gasteiger partial charge in [0.2, 0.25) is 5.16 Å². The summed E-state index contributed by atoms with van der Waals surface area (Å²) in [5.41, 5.74) is 0.723. The van der Waals surface area contributed by atoms with Gasteiger partial charge in [-0.1, -0.05) is 18.5 Å². The topological polar surface area (TPSA) is 60.2 Å². The molecule has 2 heterocycles. The van der Waals surface area contributed by atoms with Crippen molar-refractivity contribution in [2.45, 2.75) is 30.3 Å². The van der Waals surface area contributed by atoms with Crippen LogP contribution in [0.4, 0.5) is 0 Å². The second-order valence-corrected chi connectivity index (χ2v) is 6.21. The molecule has 3 rings (SSSR count). The van der Waals surface area contributed by atoms with Gasteiger partial charge in [-0.3, -0.25) is 4.21 Å². The molecule has 5 nitrogen and oxygen atoms in total. The van der Waals surface area contributed by atoms with Crippen molar-refractivity contribution < 1.29 is 4.21 Å². The molecule has 90 valence electrons. The van der Waals surface area contributed by atoms with E-state index < -0.39 is 10.8 Å². The first kappa shape index (κ1) is 11.1. The van der Waals surface area contributed by atoms with Crippen LogP contribution in [0.5, 0.6) is 0 Å². The highest BCUT2D eigenvalue weighted by Crippen LogP contribution is 2.47. The van der Waals surface area contributed by atoms with Crippen LogP contribution in [0, 0.1) is 0 Å². The summed E-state index contributed by atoms with van der Waals surface area (Å²) in [5.74, 6) is 0.839.